The molecular formula is C17H20N2O2. The van der Waals surface area contributed by atoms with Gasteiger partial charge in [0.25, 0.3) is 5.69 Å². The third-order valence-electron chi connectivity index (χ3n) is 3.62. The second-order valence-electron chi connectivity index (χ2n) is 4.97. The van der Waals surface area contributed by atoms with E-state index in [9.17, 15) is 10.1 Å². The van der Waals surface area contributed by atoms with Crippen LogP contribution in [0.4, 0.5) is 11.4 Å². The molecule has 2 aromatic rings. The number of para-hydroxylation sites is 1. The molecule has 0 aromatic heterocycles. The van der Waals surface area contributed by atoms with Crippen molar-refractivity contribution in [1.29, 1.82) is 0 Å². The van der Waals surface area contributed by atoms with Crippen molar-refractivity contribution in [3.05, 3.63) is 69.8 Å². The Bertz CT molecular complexity index is 626. The second kappa shape index (κ2) is 6.88. The molecule has 0 amide bonds. The van der Waals surface area contributed by atoms with E-state index in [1.807, 2.05) is 18.2 Å². The van der Waals surface area contributed by atoms with Gasteiger partial charge in [-0.05, 0) is 30.0 Å². The Hall–Kier alpha value is -2.36. The number of nitrogens with zero attached hydrogens (tertiary/aromatic N) is 1. The summed E-state index contributed by atoms with van der Waals surface area (Å²) in [6.45, 7) is 4.19. The third kappa shape index (κ3) is 3.60. The second-order valence-corrected chi connectivity index (χ2v) is 4.97. The number of nitro groups is 1. The lowest BCUT2D eigenvalue weighted by Crippen LogP contribution is -2.11. The molecule has 0 heterocycles. The van der Waals surface area contributed by atoms with E-state index >= 15 is 0 Å². The van der Waals surface area contributed by atoms with E-state index in [1.54, 1.807) is 12.1 Å². The van der Waals surface area contributed by atoms with Crippen LogP contribution in [0.3, 0.4) is 0 Å². The molecule has 0 saturated carbocycles. The maximum absolute atomic E-state index is 10.9. The van der Waals surface area contributed by atoms with Gasteiger partial charge < -0.3 is 5.32 Å². The summed E-state index contributed by atoms with van der Waals surface area (Å²) in [5, 5.41) is 14.4. The van der Waals surface area contributed by atoms with Crippen LogP contribution < -0.4 is 5.32 Å². The molecule has 1 unspecified atom stereocenters. The minimum atomic E-state index is -0.351. The molecule has 0 saturated heterocycles. The Morgan fingerprint density at radius 1 is 1.14 bits per heavy atom. The highest BCUT2D eigenvalue weighted by Gasteiger charge is 2.14. The number of nitro benzene ring substituents is 1. The lowest BCUT2D eigenvalue weighted by molar-refractivity contribution is -0.384. The summed E-state index contributed by atoms with van der Waals surface area (Å²) >= 11 is 0. The fourth-order valence-electron chi connectivity index (χ4n) is 2.43. The predicted octanol–water partition coefficient (Wildman–Crippen LogP) is 4.72. The summed E-state index contributed by atoms with van der Waals surface area (Å²) in [6.07, 6.45) is 1.81. The number of aryl methyl sites for hydroxylation is 1. The number of nitrogens with one attached hydrogen (secondary N) is 1. The van der Waals surface area contributed by atoms with Crippen molar-refractivity contribution in [1.82, 2.24) is 0 Å². The number of hydrogen-bond donors (Lipinski definition) is 1. The Kier molecular flexibility index (Phi) is 4.93. The monoisotopic (exact) mass is 284 g/mol. The van der Waals surface area contributed by atoms with Crippen LogP contribution in [0, 0.1) is 10.1 Å². The van der Waals surface area contributed by atoms with Crippen molar-refractivity contribution in [2.24, 2.45) is 0 Å². The van der Waals surface area contributed by atoms with Crippen LogP contribution in [-0.4, -0.2) is 4.92 Å². The minimum Gasteiger partial charge on any atom is -0.378 e. The van der Waals surface area contributed by atoms with Gasteiger partial charge in [-0.3, -0.25) is 10.1 Å². The van der Waals surface area contributed by atoms with E-state index in [0.717, 1.165) is 24.1 Å². The van der Waals surface area contributed by atoms with Gasteiger partial charge in [0.2, 0.25) is 0 Å². The Labute approximate surface area is 125 Å². The summed E-state index contributed by atoms with van der Waals surface area (Å²) in [5.41, 5.74) is 3.42. The SMILES string of the molecule is CCc1ccccc1NC(CC)c1cccc([N+](=O)[O-])c1. The Morgan fingerprint density at radius 2 is 1.90 bits per heavy atom. The highest BCUT2D eigenvalue weighted by Crippen LogP contribution is 2.27. The average molecular weight is 284 g/mol. The normalized spacial score (nSPS) is 11.9. The first-order valence-corrected chi connectivity index (χ1v) is 7.24. The zero-order valence-electron chi connectivity index (χ0n) is 12.4. The minimum absolute atomic E-state index is 0.0672. The molecule has 0 aliphatic heterocycles. The number of rotatable bonds is 6. The van der Waals surface area contributed by atoms with Gasteiger partial charge in [0.15, 0.2) is 0 Å². The number of non-ortho nitro benzene ring substituents is 1. The zero-order valence-corrected chi connectivity index (χ0v) is 12.4. The molecule has 0 radical (unpaired) electrons. The Balaban J connectivity index is 2.27. The van der Waals surface area contributed by atoms with Gasteiger partial charge in [-0.1, -0.05) is 44.2 Å². The van der Waals surface area contributed by atoms with Gasteiger partial charge in [0, 0.05) is 17.8 Å². The summed E-state index contributed by atoms with van der Waals surface area (Å²) in [6, 6.07) is 15.1. The molecule has 1 N–H and O–H groups in total. The molecule has 0 fully saturated rings. The van der Waals surface area contributed by atoms with Crippen LogP contribution in [0.15, 0.2) is 48.5 Å². The van der Waals surface area contributed by atoms with E-state index in [1.165, 1.54) is 11.6 Å². The standard InChI is InChI=1S/C17H20N2O2/c1-3-13-8-5-6-11-17(13)18-16(4-2)14-9-7-10-15(12-14)19(20)21/h5-12,16,18H,3-4H2,1-2H3. The van der Waals surface area contributed by atoms with Crippen molar-refractivity contribution in [3.63, 3.8) is 0 Å². The smallest absolute Gasteiger partial charge is 0.269 e. The molecule has 0 spiro atoms. The quantitative estimate of drug-likeness (QED) is 0.616. The van der Waals surface area contributed by atoms with Crippen LogP contribution in [-0.2, 0) is 6.42 Å². The summed E-state index contributed by atoms with van der Waals surface area (Å²) in [5.74, 6) is 0. The van der Waals surface area contributed by atoms with Crippen LogP contribution in [0.2, 0.25) is 0 Å². The van der Waals surface area contributed by atoms with Crippen molar-refractivity contribution in [2.45, 2.75) is 32.7 Å². The third-order valence-corrected chi connectivity index (χ3v) is 3.62. The topological polar surface area (TPSA) is 55.2 Å². The van der Waals surface area contributed by atoms with Gasteiger partial charge >= 0.3 is 0 Å². The lowest BCUT2D eigenvalue weighted by Gasteiger charge is -2.20. The number of hydrogen-bond acceptors (Lipinski definition) is 3. The van der Waals surface area contributed by atoms with Crippen LogP contribution in [0.1, 0.15) is 37.4 Å². The average Bonchev–Trinajstić information content (AvgIpc) is 2.53. The molecule has 2 aromatic carbocycles. The van der Waals surface area contributed by atoms with Crippen LogP contribution >= 0.6 is 0 Å². The van der Waals surface area contributed by atoms with E-state index in [-0.39, 0.29) is 16.7 Å². The van der Waals surface area contributed by atoms with Gasteiger partial charge in [-0.15, -0.1) is 0 Å². The van der Waals surface area contributed by atoms with Crippen LogP contribution in [0.5, 0.6) is 0 Å². The summed E-state index contributed by atoms with van der Waals surface area (Å²) < 4.78 is 0. The van der Waals surface area contributed by atoms with Crippen molar-refractivity contribution in [2.75, 3.05) is 5.32 Å². The molecule has 21 heavy (non-hydrogen) atoms. The number of anilines is 1. The van der Waals surface area contributed by atoms with Gasteiger partial charge in [0.1, 0.15) is 0 Å². The van der Waals surface area contributed by atoms with Crippen molar-refractivity contribution < 1.29 is 4.92 Å². The van der Waals surface area contributed by atoms with E-state index < -0.39 is 0 Å². The van der Waals surface area contributed by atoms with Crippen molar-refractivity contribution in [3.8, 4) is 0 Å². The molecule has 0 bridgehead atoms. The van der Waals surface area contributed by atoms with E-state index in [0.29, 0.717) is 0 Å². The van der Waals surface area contributed by atoms with Gasteiger partial charge in [-0.2, -0.15) is 0 Å². The largest absolute Gasteiger partial charge is 0.378 e. The van der Waals surface area contributed by atoms with Gasteiger partial charge in [-0.25, -0.2) is 0 Å². The Morgan fingerprint density at radius 3 is 2.57 bits per heavy atom. The molecule has 4 nitrogen and oxygen atoms in total. The lowest BCUT2D eigenvalue weighted by atomic mass is 10.0. The maximum Gasteiger partial charge on any atom is 0.269 e. The predicted molar refractivity (Wildman–Crippen MR) is 85.6 cm³/mol. The summed E-state index contributed by atoms with van der Waals surface area (Å²) in [7, 11) is 0. The molecule has 2 rings (SSSR count). The summed E-state index contributed by atoms with van der Waals surface area (Å²) in [4.78, 5) is 10.6. The highest BCUT2D eigenvalue weighted by molar-refractivity contribution is 5.53. The maximum atomic E-state index is 10.9. The first-order chi connectivity index (χ1) is 10.2. The van der Waals surface area contributed by atoms with E-state index in [4.69, 9.17) is 0 Å². The van der Waals surface area contributed by atoms with E-state index in [2.05, 4.69) is 31.3 Å². The first kappa shape index (κ1) is 15.0. The molecule has 0 aliphatic rings. The number of benzene rings is 2. The zero-order chi connectivity index (χ0) is 15.2. The fourth-order valence-corrected chi connectivity index (χ4v) is 2.43. The van der Waals surface area contributed by atoms with Crippen molar-refractivity contribution >= 4 is 11.4 Å². The molecule has 110 valence electrons. The molecule has 4 heteroatoms. The molecule has 0 aliphatic carbocycles. The van der Waals surface area contributed by atoms with Gasteiger partial charge in [0.05, 0.1) is 11.0 Å². The molecular weight excluding hydrogens is 264 g/mol. The fraction of sp³-hybridized carbons (Fsp3) is 0.294. The highest BCUT2D eigenvalue weighted by atomic mass is 16.6. The van der Waals surface area contributed by atoms with Crippen LogP contribution in [0.25, 0.3) is 0 Å². The molecule has 1 atom stereocenters. The first-order valence-electron chi connectivity index (χ1n) is 7.24.